The number of benzene rings is 2. The Kier molecular flexibility index (Phi) is 4.29. The van der Waals surface area contributed by atoms with E-state index in [1.54, 1.807) is 0 Å². The number of hydrogen-bond donors (Lipinski definition) is 0. The second-order valence-corrected chi connectivity index (χ2v) is 6.16. The van der Waals surface area contributed by atoms with Crippen molar-refractivity contribution in [3.63, 3.8) is 0 Å². The van der Waals surface area contributed by atoms with Crippen LogP contribution in [0.3, 0.4) is 0 Å². The lowest BCUT2D eigenvalue weighted by molar-refractivity contribution is 0.628. The van der Waals surface area contributed by atoms with E-state index in [0.717, 1.165) is 27.3 Å². The fourth-order valence-corrected chi connectivity index (χ4v) is 3.46. The smallest absolute Gasteiger partial charge is 0.123 e. The lowest BCUT2D eigenvalue weighted by atomic mass is 9.99. The van der Waals surface area contributed by atoms with Gasteiger partial charge in [-0.2, -0.15) is 0 Å². The van der Waals surface area contributed by atoms with Crippen LogP contribution in [0.1, 0.15) is 24.5 Å². The predicted molar refractivity (Wildman–Crippen MR) is 98.8 cm³/mol. The number of hydrogen-bond acceptors (Lipinski definition) is 1. The summed E-state index contributed by atoms with van der Waals surface area (Å²) in [5.74, 6) is 0.381. The molecule has 1 unspecified atom stereocenters. The Morgan fingerprint density at radius 1 is 1.00 bits per heavy atom. The minimum Gasteiger partial charge on any atom is -0.252 e. The summed E-state index contributed by atoms with van der Waals surface area (Å²) in [4.78, 5) is 4.85. The van der Waals surface area contributed by atoms with Gasteiger partial charge >= 0.3 is 0 Å². The van der Waals surface area contributed by atoms with E-state index in [-0.39, 0.29) is 22.8 Å². The quantitative estimate of drug-likeness (QED) is 0.574. The van der Waals surface area contributed by atoms with Gasteiger partial charge in [-0.1, -0.05) is 30.3 Å². The van der Waals surface area contributed by atoms with Crippen molar-refractivity contribution in [2.75, 3.05) is 0 Å². The maximum absolute atomic E-state index is 13.2. The highest BCUT2D eigenvalue weighted by atomic mass is 79.9. The highest BCUT2D eigenvalue weighted by molar-refractivity contribution is 8.93. The first-order valence-corrected chi connectivity index (χ1v) is 7.76. The van der Waals surface area contributed by atoms with E-state index in [1.807, 2.05) is 24.3 Å². The topological polar surface area (TPSA) is 12.9 Å². The molecular formula is C18H16BrFNP. The Bertz CT molecular complexity index is 828. The maximum atomic E-state index is 13.2. The Balaban J connectivity index is 0.00000144. The standard InChI is InChI=1S/C18H15FNP.BrH/c19-13-9-7-11(8-10-13)16-14-3-1-2-4-15(14)20-17(18(16)21)12-5-6-12;/h1-4,7-10,12H,5-6,21H2;1H. The van der Waals surface area contributed by atoms with Crippen LogP contribution in [-0.4, -0.2) is 4.98 Å². The summed E-state index contributed by atoms with van der Waals surface area (Å²) in [5, 5.41) is 2.28. The molecule has 1 aliphatic carbocycles. The van der Waals surface area contributed by atoms with Crippen LogP contribution in [0.15, 0.2) is 48.5 Å². The minimum atomic E-state index is -0.204. The van der Waals surface area contributed by atoms with Crippen LogP contribution in [0.25, 0.3) is 22.0 Å². The van der Waals surface area contributed by atoms with E-state index in [0.29, 0.717) is 5.92 Å². The van der Waals surface area contributed by atoms with Crippen LogP contribution in [0, 0.1) is 5.82 Å². The lowest BCUT2D eigenvalue weighted by Gasteiger charge is -2.14. The van der Waals surface area contributed by atoms with Gasteiger partial charge in [0, 0.05) is 16.9 Å². The number of nitrogens with zero attached hydrogens (tertiary/aromatic N) is 1. The van der Waals surface area contributed by atoms with Crippen LogP contribution < -0.4 is 5.30 Å². The second-order valence-electron chi connectivity index (χ2n) is 5.58. The van der Waals surface area contributed by atoms with Crippen molar-refractivity contribution >= 4 is 42.4 Å². The molecule has 0 amide bonds. The molecule has 2 aromatic carbocycles. The summed E-state index contributed by atoms with van der Waals surface area (Å²) in [6, 6.07) is 14.9. The van der Waals surface area contributed by atoms with Crippen molar-refractivity contribution in [3.8, 4) is 11.1 Å². The normalized spacial score (nSPS) is 13.9. The molecule has 22 heavy (non-hydrogen) atoms. The molecule has 3 aromatic rings. The first kappa shape index (κ1) is 15.6. The summed E-state index contributed by atoms with van der Waals surface area (Å²) < 4.78 is 13.2. The van der Waals surface area contributed by atoms with Crippen LogP contribution >= 0.6 is 26.2 Å². The number of aromatic nitrogens is 1. The van der Waals surface area contributed by atoms with Crippen LogP contribution in [0.4, 0.5) is 4.39 Å². The van der Waals surface area contributed by atoms with Crippen molar-refractivity contribution in [1.29, 1.82) is 0 Å². The molecular weight excluding hydrogens is 360 g/mol. The summed E-state index contributed by atoms with van der Waals surface area (Å²) in [7, 11) is 2.85. The Labute approximate surface area is 141 Å². The molecule has 0 spiro atoms. The zero-order valence-corrected chi connectivity index (χ0v) is 14.8. The molecule has 0 aliphatic heterocycles. The molecule has 4 heteroatoms. The van der Waals surface area contributed by atoms with Crippen LogP contribution in [0.2, 0.25) is 0 Å². The highest BCUT2D eigenvalue weighted by Gasteiger charge is 2.28. The first-order chi connectivity index (χ1) is 10.2. The molecule has 112 valence electrons. The zero-order valence-electron chi connectivity index (χ0n) is 11.9. The molecule has 1 atom stereocenters. The number of halogens is 2. The van der Waals surface area contributed by atoms with E-state index in [4.69, 9.17) is 4.98 Å². The van der Waals surface area contributed by atoms with Gasteiger partial charge in [0.15, 0.2) is 0 Å². The fourth-order valence-electron chi connectivity index (χ4n) is 2.84. The average Bonchev–Trinajstić information content (AvgIpc) is 3.33. The van der Waals surface area contributed by atoms with Crippen molar-refractivity contribution in [2.24, 2.45) is 0 Å². The SMILES string of the molecule is Br.Fc1ccc(-c2c(P)c(C3CC3)nc3ccccc23)cc1. The molecule has 0 radical (unpaired) electrons. The third kappa shape index (κ3) is 2.68. The van der Waals surface area contributed by atoms with Gasteiger partial charge in [0.05, 0.1) is 11.2 Å². The molecule has 1 aliphatic rings. The van der Waals surface area contributed by atoms with Crippen molar-refractivity contribution in [2.45, 2.75) is 18.8 Å². The van der Waals surface area contributed by atoms with Crippen LogP contribution in [-0.2, 0) is 0 Å². The molecule has 1 nitrogen and oxygen atoms in total. The number of rotatable bonds is 2. The fraction of sp³-hybridized carbons (Fsp3) is 0.167. The van der Waals surface area contributed by atoms with Gasteiger partial charge in [-0.15, -0.1) is 26.2 Å². The van der Waals surface area contributed by atoms with E-state index >= 15 is 0 Å². The molecule has 0 bridgehead atoms. The molecule has 1 aromatic heterocycles. The largest absolute Gasteiger partial charge is 0.252 e. The van der Waals surface area contributed by atoms with Gasteiger partial charge in [0.1, 0.15) is 5.82 Å². The zero-order chi connectivity index (χ0) is 14.4. The molecule has 1 heterocycles. The maximum Gasteiger partial charge on any atom is 0.123 e. The molecule has 0 N–H and O–H groups in total. The molecule has 1 fully saturated rings. The minimum absolute atomic E-state index is 0. The van der Waals surface area contributed by atoms with E-state index in [1.165, 1.54) is 30.7 Å². The Morgan fingerprint density at radius 2 is 1.68 bits per heavy atom. The van der Waals surface area contributed by atoms with Crippen LogP contribution in [0.5, 0.6) is 0 Å². The lowest BCUT2D eigenvalue weighted by Crippen LogP contribution is -2.09. The van der Waals surface area contributed by atoms with E-state index < -0.39 is 0 Å². The van der Waals surface area contributed by atoms with E-state index in [9.17, 15) is 4.39 Å². The Hall–Kier alpha value is -1.31. The molecule has 0 saturated heterocycles. The van der Waals surface area contributed by atoms with Gasteiger partial charge in [0.2, 0.25) is 0 Å². The summed E-state index contributed by atoms with van der Waals surface area (Å²) in [6.07, 6.45) is 2.44. The predicted octanol–water partition coefficient (Wildman–Crippen LogP) is 5.00. The highest BCUT2D eigenvalue weighted by Crippen LogP contribution is 2.41. The van der Waals surface area contributed by atoms with Crippen molar-refractivity contribution in [3.05, 3.63) is 60.0 Å². The summed E-state index contributed by atoms with van der Waals surface area (Å²) in [6.45, 7) is 0. The second kappa shape index (κ2) is 6.06. The number of pyridine rings is 1. The van der Waals surface area contributed by atoms with Gasteiger partial charge in [-0.05, 0) is 41.9 Å². The number of para-hydroxylation sites is 1. The van der Waals surface area contributed by atoms with Gasteiger partial charge < -0.3 is 0 Å². The number of fused-ring (bicyclic) bond motifs is 1. The summed E-state index contributed by atoms with van der Waals surface area (Å²) >= 11 is 0. The molecule has 1 saturated carbocycles. The van der Waals surface area contributed by atoms with Gasteiger partial charge in [0.25, 0.3) is 0 Å². The molecule has 4 rings (SSSR count). The van der Waals surface area contributed by atoms with E-state index in [2.05, 4.69) is 21.4 Å². The summed E-state index contributed by atoms with van der Waals surface area (Å²) in [5.41, 5.74) is 4.40. The monoisotopic (exact) mass is 375 g/mol. The van der Waals surface area contributed by atoms with Gasteiger partial charge in [-0.25, -0.2) is 4.39 Å². The first-order valence-electron chi connectivity index (χ1n) is 7.18. The van der Waals surface area contributed by atoms with Gasteiger partial charge in [-0.3, -0.25) is 4.98 Å². The average molecular weight is 376 g/mol. The third-order valence-electron chi connectivity index (χ3n) is 4.06. The van der Waals surface area contributed by atoms with Crippen molar-refractivity contribution < 1.29 is 4.39 Å². The van der Waals surface area contributed by atoms with Crippen molar-refractivity contribution in [1.82, 2.24) is 4.98 Å². The third-order valence-corrected chi connectivity index (χ3v) is 4.64. The Morgan fingerprint density at radius 3 is 2.36 bits per heavy atom.